The first-order valence-electron chi connectivity index (χ1n) is 6.83. The van der Waals surface area contributed by atoms with Gasteiger partial charge in [-0.1, -0.05) is 13.3 Å². The second-order valence-electron chi connectivity index (χ2n) is 5.37. The summed E-state index contributed by atoms with van der Waals surface area (Å²) in [5.74, 6) is 0.887. The highest BCUT2D eigenvalue weighted by molar-refractivity contribution is 7.89. The summed E-state index contributed by atoms with van der Waals surface area (Å²) in [5, 5.41) is 3.27. The molecule has 100 valence electrons. The minimum atomic E-state index is -3.02. The van der Waals surface area contributed by atoms with Crippen molar-refractivity contribution in [1.82, 2.24) is 9.62 Å². The summed E-state index contributed by atoms with van der Waals surface area (Å²) < 4.78 is 26.2. The molecule has 2 aliphatic rings. The molecule has 0 saturated carbocycles. The van der Waals surface area contributed by atoms with Crippen LogP contribution in [-0.4, -0.2) is 44.2 Å². The van der Waals surface area contributed by atoms with E-state index in [-0.39, 0.29) is 6.04 Å². The standard InChI is InChI=1S/C12H24N2O2S/c1-2-4-11-6-8-14(9-11)17(15,16)10-12-5-3-7-13-12/h11-13H,2-10H2,1H3. The first-order chi connectivity index (χ1) is 8.12. The highest BCUT2D eigenvalue weighted by Crippen LogP contribution is 2.24. The van der Waals surface area contributed by atoms with Crippen LogP contribution in [0, 0.1) is 5.92 Å². The summed E-state index contributed by atoms with van der Waals surface area (Å²) in [7, 11) is -3.02. The molecule has 2 fully saturated rings. The number of hydrogen-bond donors (Lipinski definition) is 1. The third-order valence-corrected chi connectivity index (χ3v) is 5.86. The molecule has 5 heteroatoms. The molecule has 0 aromatic carbocycles. The molecule has 0 aliphatic carbocycles. The Hall–Kier alpha value is -0.130. The van der Waals surface area contributed by atoms with Crippen molar-refractivity contribution in [3.05, 3.63) is 0 Å². The summed E-state index contributed by atoms with van der Waals surface area (Å²) in [4.78, 5) is 0. The summed E-state index contributed by atoms with van der Waals surface area (Å²) in [6.07, 6.45) is 5.48. The number of nitrogens with one attached hydrogen (secondary N) is 1. The Kier molecular flexibility index (Phi) is 4.44. The van der Waals surface area contributed by atoms with E-state index in [9.17, 15) is 8.42 Å². The Morgan fingerprint density at radius 3 is 2.82 bits per heavy atom. The van der Waals surface area contributed by atoms with Gasteiger partial charge in [0.15, 0.2) is 0 Å². The highest BCUT2D eigenvalue weighted by Gasteiger charge is 2.33. The molecule has 2 unspecified atom stereocenters. The molecule has 0 spiro atoms. The van der Waals surface area contributed by atoms with E-state index in [0.29, 0.717) is 11.7 Å². The Bertz CT molecular complexity index is 336. The van der Waals surface area contributed by atoms with E-state index in [2.05, 4.69) is 12.2 Å². The molecule has 2 atom stereocenters. The molecule has 4 nitrogen and oxygen atoms in total. The molecule has 0 aromatic rings. The lowest BCUT2D eigenvalue weighted by molar-refractivity contribution is 0.440. The van der Waals surface area contributed by atoms with Crippen LogP contribution >= 0.6 is 0 Å². The van der Waals surface area contributed by atoms with Gasteiger partial charge in [0, 0.05) is 19.1 Å². The Morgan fingerprint density at radius 2 is 2.18 bits per heavy atom. The van der Waals surface area contributed by atoms with Gasteiger partial charge in [-0.25, -0.2) is 12.7 Å². The van der Waals surface area contributed by atoms with Crippen molar-refractivity contribution in [2.24, 2.45) is 5.92 Å². The fourth-order valence-electron chi connectivity index (χ4n) is 2.95. The van der Waals surface area contributed by atoms with Crippen LogP contribution in [0.25, 0.3) is 0 Å². The molecule has 0 amide bonds. The predicted octanol–water partition coefficient (Wildman–Crippen LogP) is 1.19. The van der Waals surface area contributed by atoms with E-state index in [1.54, 1.807) is 4.31 Å². The van der Waals surface area contributed by atoms with E-state index < -0.39 is 10.0 Å². The molecular weight excluding hydrogens is 236 g/mol. The maximum Gasteiger partial charge on any atom is 0.215 e. The first-order valence-corrected chi connectivity index (χ1v) is 8.44. The van der Waals surface area contributed by atoms with Crippen molar-refractivity contribution in [1.29, 1.82) is 0 Å². The Labute approximate surface area is 105 Å². The van der Waals surface area contributed by atoms with Gasteiger partial charge in [-0.3, -0.25) is 0 Å². The molecule has 2 saturated heterocycles. The lowest BCUT2D eigenvalue weighted by atomic mass is 10.0. The van der Waals surface area contributed by atoms with E-state index in [1.165, 1.54) is 0 Å². The van der Waals surface area contributed by atoms with Crippen LogP contribution in [0.1, 0.15) is 39.0 Å². The van der Waals surface area contributed by atoms with Gasteiger partial charge in [0.2, 0.25) is 10.0 Å². The first kappa shape index (κ1) is 13.3. The van der Waals surface area contributed by atoms with Crippen molar-refractivity contribution in [2.75, 3.05) is 25.4 Å². The predicted molar refractivity (Wildman–Crippen MR) is 69.4 cm³/mol. The lowest BCUT2D eigenvalue weighted by Crippen LogP contribution is -2.38. The third kappa shape index (κ3) is 3.42. The molecular formula is C12H24N2O2S. The minimum Gasteiger partial charge on any atom is -0.313 e. The van der Waals surface area contributed by atoms with Crippen LogP contribution in [-0.2, 0) is 10.0 Å². The van der Waals surface area contributed by atoms with Gasteiger partial charge in [0.1, 0.15) is 0 Å². The molecule has 1 N–H and O–H groups in total. The third-order valence-electron chi connectivity index (χ3n) is 3.91. The van der Waals surface area contributed by atoms with Gasteiger partial charge >= 0.3 is 0 Å². The van der Waals surface area contributed by atoms with Crippen LogP contribution in [0.5, 0.6) is 0 Å². The number of hydrogen-bond acceptors (Lipinski definition) is 3. The average molecular weight is 260 g/mol. The second-order valence-corrected chi connectivity index (χ2v) is 7.39. The quantitative estimate of drug-likeness (QED) is 0.808. The van der Waals surface area contributed by atoms with Crippen molar-refractivity contribution in [3.8, 4) is 0 Å². The fourth-order valence-corrected chi connectivity index (χ4v) is 4.78. The maximum absolute atomic E-state index is 12.2. The van der Waals surface area contributed by atoms with Crippen LogP contribution in [0.15, 0.2) is 0 Å². The SMILES string of the molecule is CCCC1CCN(S(=O)(=O)CC2CCCN2)C1. The minimum absolute atomic E-state index is 0.185. The normalized spacial score (nSPS) is 31.1. The van der Waals surface area contributed by atoms with E-state index in [4.69, 9.17) is 0 Å². The van der Waals surface area contributed by atoms with Gasteiger partial charge in [-0.15, -0.1) is 0 Å². The van der Waals surface area contributed by atoms with Gasteiger partial charge in [0.25, 0.3) is 0 Å². The molecule has 2 aliphatic heterocycles. The molecule has 0 radical (unpaired) electrons. The van der Waals surface area contributed by atoms with Crippen LogP contribution in [0.4, 0.5) is 0 Å². The van der Waals surface area contributed by atoms with E-state index in [1.807, 2.05) is 0 Å². The Balaban J connectivity index is 1.87. The molecule has 0 bridgehead atoms. The molecule has 2 rings (SSSR count). The monoisotopic (exact) mass is 260 g/mol. The topological polar surface area (TPSA) is 49.4 Å². The van der Waals surface area contributed by atoms with Gasteiger partial charge in [-0.2, -0.15) is 0 Å². The highest BCUT2D eigenvalue weighted by atomic mass is 32.2. The maximum atomic E-state index is 12.2. The zero-order valence-corrected chi connectivity index (χ0v) is 11.5. The zero-order valence-electron chi connectivity index (χ0n) is 10.7. The summed E-state index contributed by atoms with van der Waals surface area (Å²) in [5.41, 5.74) is 0. The average Bonchev–Trinajstić information content (AvgIpc) is 2.88. The summed E-state index contributed by atoms with van der Waals surface area (Å²) in [6.45, 7) is 4.63. The van der Waals surface area contributed by atoms with Gasteiger partial charge in [-0.05, 0) is 38.1 Å². The van der Waals surface area contributed by atoms with Gasteiger partial charge < -0.3 is 5.32 Å². The van der Waals surface area contributed by atoms with Crippen LogP contribution in [0.2, 0.25) is 0 Å². The number of rotatable bonds is 5. The smallest absolute Gasteiger partial charge is 0.215 e. The fraction of sp³-hybridized carbons (Fsp3) is 1.00. The summed E-state index contributed by atoms with van der Waals surface area (Å²) >= 11 is 0. The van der Waals surface area contributed by atoms with E-state index in [0.717, 1.165) is 51.7 Å². The second kappa shape index (κ2) is 5.67. The van der Waals surface area contributed by atoms with Crippen LogP contribution in [0.3, 0.4) is 0 Å². The summed E-state index contributed by atoms with van der Waals surface area (Å²) in [6, 6.07) is 0.185. The van der Waals surface area contributed by atoms with Crippen molar-refractivity contribution in [2.45, 2.75) is 45.1 Å². The molecule has 17 heavy (non-hydrogen) atoms. The lowest BCUT2D eigenvalue weighted by Gasteiger charge is -2.19. The van der Waals surface area contributed by atoms with Gasteiger partial charge in [0.05, 0.1) is 5.75 Å². The largest absolute Gasteiger partial charge is 0.313 e. The number of nitrogens with zero attached hydrogens (tertiary/aromatic N) is 1. The van der Waals surface area contributed by atoms with Crippen LogP contribution < -0.4 is 5.32 Å². The Morgan fingerprint density at radius 1 is 1.35 bits per heavy atom. The molecule has 2 heterocycles. The zero-order chi connectivity index (χ0) is 12.3. The van der Waals surface area contributed by atoms with Crippen molar-refractivity contribution < 1.29 is 8.42 Å². The van der Waals surface area contributed by atoms with Crippen molar-refractivity contribution >= 4 is 10.0 Å². The number of sulfonamides is 1. The molecule has 0 aromatic heterocycles. The van der Waals surface area contributed by atoms with Crippen molar-refractivity contribution in [3.63, 3.8) is 0 Å². The van der Waals surface area contributed by atoms with E-state index >= 15 is 0 Å².